The Balaban J connectivity index is 1.74. The molecule has 2 heterocycles. The summed E-state index contributed by atoms with van der Waals surface area (Å²) in [6, 6.07) is 8.06. The molecule has 2 aromatic rings. The molecule has 0 spiro atoms. The number of benzene rings is 1. The van der Waals surface area contributed by atoms with E-state index < -0.39 is 10.3 Å². The molecule has 3 rings (SSSR count). The molecule has 0 bridgehead atoms. The van der Waals surface area contributed by atoms with Crippen molar-refractivity contribution < 1.29 is 12.8 Å². The first kappa shape index (κ1) is 13.4. The Bertz CT molecular complexity index is 752. The number of fused-ring (bicyclic) bond motifs is 1. The minimum absolute atomic E-state index is 0.143. The molecule has 1 fully saturated rings. The van der Waals surface area contributed by atoms with Gasteiger partial charge >= 0.3 is 0 Å². The van der Waals surface area contributed by atoms with Crippen LogP contribution in [0.5, 0.6) is 0 Å². The molecule has 1 aromatic heterocycles. The summed E-state index contributed by atoms with van der Waals surface area (Å²) in [6.45, 7) is 3.55. The van der Waals surface area contributed by atoms with Crippen LogP contribution in [0, 0.1) is 5.92 Å². The predicted molar refractivity (Wildman–Crippen MR) is 79.2 cm³/mol. The lowest BCUT2D eigenvalue weighted by atomic mass is 10.1. The van der Waals surface area contributed by atoms with Gasteiger partial charge in [-0.3, -0.25) is 4.90 Å². The minimum atomic E-state index is -2.10. The highest BCUT2D eigenvalue weighted by Crippen LogP contribution is 2.20. The predicted octanol–water partition coefficient (Wildman–Crippen LogP) is 2.33. The molecule has 1 saturated heterocycles. The average molecular weight is 291 g/mol. The van der Waals surface area contributed by atoms with Crippen molar-refractivity contribution in [3.05, 3.63) is 36.1 Å². The van der Waals surface area contributed by atoms with Gasteiger partial charge in [0.15, 0.2) is 0 Å². The summed E-state index contributed by atoms with van der Waals surface area (Å²) in [5.41, 5.74) is 2.09. The van der Waals surface area contributed by atoms with E-state index in [1.54, 1.807) is 6.26 Å². The summed E-state index contributed by atoms with van der Waals surface area (Å²) in [4.78, 5) is 2.56. The van der Waals surface area contributed by atoms with Gasteiger partial charge in [-0.2, -0.15) is 8.42 Å². The van der Waals surface area contributed by atoms with Crippen molar-refractivity contribution in [3.63, 3.8) is 0 Å². The summed E-state index contributed by atoms with van der Waals surface area (Å²) in [5.74, 6) is 0.143. The van der Waals surface area contributed by atoms with Crippen molar-refractivity contribution in [2.24, 2.45) is 5.92 Å². The maximum Gasteiger partial charge on any atom is 0.228 e. The first-order chi connectivity index (χ1) is 9.65. The van der Waals surface area contributed by atoms with Crippen LogP contribution in [0.1, 0.15) is 18.9 Å². The van der Waals surface area contributed by atoms with Gasteiger partial charge in [0, 0.05) is 24.4 Å². The van der Waals surface area contributed by atoms with Crippen LogP contribution in [-0.2, 0) is 16.7 Å². The maximum atomic E-state index is 11.3. The first-order valence-electron chi connectivity index (χ1n) is 6.82. The van der Waals surface area contributed by atoms with Gasteiger partial charge in [0.25, 0.3) is 0 Å². The molecule has 0 aliphatic carbocycles. The molecular weight excluding hydrogens is 274 g/mol. The van der Waals surface area contributed by atoms with Crippen LogP contribution in [0.15, 0.2) is 34.9 Å². The van der Waals surface area contributed by atoms with Crippen molar-refractivity contribution in [2.45, 2.75) is 19.8 Å². The van der Waals surface area contributed by atoms with E-state index in [1.165, 1.54) is 5.56 Å². The molecule has 1 aromatic carbocycles. The zero-order valence-electron chi connectivity index (χ0n) is 11.4. The molecule has 0 saturated carbocycles. The Morgan fingerprint density at radius 3 is 3.00 bits per heavy atom. The van der Waals surface area contributed by atoms with Gasteiger partial charge in [-0.25, -0.2) is 0 Å². The Morgan fingerprint density at radius 2 is 2.20 bits per heavy atom. The Morgan fingerprint density at radius 1 is 1.35 bits per heavy atom. The van der Waals surface area contributed by atoms with Gasteiger partial charge in [-0.05, 0) is 36.6 Å². The SMILES string of the molecule is CC1CCN(CCc2ccc3occc3c2)C1=S(=O)=O. The van der Waals surface area contributed by atoms with Gasteiger partial charge in [0.2, 0.25) is 10.3 Å². The Hall–Kier alpha value is -1.59. The van der Waals surface area contributed by atoms with Crippen LogP contribution >= 0.6 is 0 Å². The molecule has 1 aliphatic heterocycles. The third-order valence-corrected chi connectivity index (χ3v) is 4.93. The standard InChI is InChI=1S/C15H17NO3S/c1-11-4-7-16(15(11)20(17)18)8-5-12-2-3-14-13(10-12)6-9-19-14/h2-3,6,9-11H,4-5,7-8H2,1H3. The smallest absolute Gasteiger partial charge is 0.228 e. The molecule has 1 aliphatic rings. The Kier molecular flexibility index (Phi) is 3.63. The van der Waals surface area contributed by atoms with Crippen molar-refractivity contribution in [1.29, 1.82) is 0 Å². The molecule has 0 radical (unpaired) electrons. The van der Waals surface area contributed by atoms with E-state index in [0.717, 1.165) is 36.9 Å². The van der Waals surface area contributed by atoms with E-state index in [-0.39, 0.29) is 5.92 Å². The number of rotatable bonds is 3. The summed E-state index contributed by atoms with van der Waals surface area (Å²) < 4.78 is 27.9. The van der Waals surface area contributed by atoms with Crippen molar-refractivity contribution in [2.75, 3.05) is 13.1 Å². The van der Waals surface area contributed by atoms with E-state index in [0.29, 0.717) is 4.99 Å². The highest BCUT2D eigenvalue weighted by Gasteiger charge is 2.27. The zero-order chi connectivity index (χ0) is 14.1. The number of hydrogen-bond acceptors (Lipinski definition) is 3. The van der Waals surface area contributed by atoms with E-state index in [9.17, 15) is 8.42 Å². The van der Waals surface area contributed by atoms with Crippen LogP contribution in [0.3, 0.4) is 0 Å². The monoisotopic (exact) mass is 291 g/mol. The van der Waals surface area contributed by atoms with E-state index in [1.807, 2.05) is 30.0 Å². The normalized spacial score (nSPS) is 19.9. The first-order valence-corrected chi connectivity index (χ1v) is 7.90. The minimum Gasteiger partial charge on any atom is -0.464 e. The molecule has 5 heteroatoms. The van der Waals surface area contributed by atoms with Gasteiger partial charge in [0.1, 0.15) is 10.6 Å². The van der Waals surface area contributed by atoms with Crippen LogP contribution < -0.4 is 0 Å². The van der Waals surface area contributed by atoms with Crippen molar-refractivity contribution >= 4 is 26.3 Å². The number of nitrogens with zero attached hydrogens (tertiary/aromatic N) is 1. The number of likely N-dealkylation sites (tertiary alicyclic amines) is 1. The van der Waals surface area contributed by atoms with Crippen LogP contribution in [0.2, 0.25) is 0 Å². The van der Waals surface area contributed by atoms with Gasteiger partial charge in [-0.15, -0.1) is 0 Å². The molecule has 106 valence electrons. The van der Waals surface area contributed by atoms with Crippen LogP contribution in [0.25, 0.3) is 11.0 Å². The summed E-state index contributed by atoms with van der Waals surface area (Å²) in [6.07, 6.45) is 3.45. The second kappa shape index (κ2) is 5.42. The topological polar surface area (TPSA) is 50.5 Å². The molecule has 0 N–H and O–H groups in total. The number of hydrogen-bond donors (Lipinski definition) is 0. The molecule has 1 atom stereocenters. The van der Waals surface area contributed by atoms with E-state index >= 15 is 0 Å². The largest absolute Gasteiger partial charge is 0.464 e. The van der Waals surface area contributed by atoms with Crippen LogP contribution in [-0.4, -0.2) is 31.4 Å². The Labute approximate surface area is 119 Å². The van der Waals surface area contributed by atoms with Crippen molar-refractivity contribution in [1.82, 2.24) is 4.90 Å². The second-order valence-corrected chi connectivity index (χ2v) is 6.18. The molecular formula is C15H17NO3S. The van der Waals surface area contributed by atoms with E-state index in [2.05, 4.69) is 6.07 Å². The lowest BCUT2D eigenvalue weighted by Crippen LogP contribution is -2.29. The van der Waals surface area contributed by atoms with Gasteiger partial charge < -0.3 is 4.42 Å². The fraction of sp³-hybridized carbons (Fsp3) is 0.400. The summed E-state index contributed by atoms with van der Waals surface area (Å²) >= 11 is 0. The fourth-order valence-electron chi connectivity index (χ4n) is 2.82. The molecule has 20 heavy (non-hydrogen) atoms. The maximum absolute atomic E-state index is 11.3. The molecule has 0 amide bonds. The molecule has 1 unspecified atom stereocenters. The second-order valence-electron chi connectivity index (χ2n) is 5.29. The van der Waals surface area contributed by atoms with Crippen LogP contribution in [0.4, 0.5) is 0 Å². The highest BCUT2D eigenvalue weighted by atomic mass is 32.2. The third-order valence-electron chi connectivity index (χ3n) is 3.92. The summed E-state index contributed by atoms with van der Waals surface area (Å²) in [7, 11) is -2.10. The van der Waals surface area contributed by atoms with E-state index in [4.69, 9.17) is 4.42 Å². The average Bonchev–Trinajstić information content (AvgIpc) is 3.01. The van der Waals surface area contributed by atoms with Crippen molar-refractivity contribution in [3.8, 4) is 0 Å². The number of furan rings is 1. The lowest BCUT2D eigenvalue weighted by Gasteiger charge is -2.15. The lowest BCUT2D eigenvalue weighted by molar-refractivity contribution is 0.461. The quantitative estimate of drug-likeness (QED) is 0.814. The zero-order valence-corrected chi connectivity index (χ0v) is 12.2. The molecule has 4 nitrogen and oxygen atoms in total. The third kappa shape index (κ3) is 2.51. The summed E-state index contributed by atoms with van der Waals surface area (Å²) in [5, 5.41) is 1.09. The van der Waals surface area contributed by atoms with Gasteiger partial charge in [0.05, 0.1) is 6.26 Å². The highest BCUT2D eigenvalue weighted by molar-refractivity contribution is 7.72. The van der Waals surface area contributed by atoms with Gasteiger partial charge in [-0.1, -0.05) is 13.0 Å². The fourth-order valence-corrected chi connectivity index (χ4v) is 3.66.